The third-order valence-corrected chi connectivity index (χ3v) is 2.93. The molecule has 0 aromatic rings. The zero-order chi connectivity index (χ0) is 15.8. The van der Waals surface area contributed by atoms with Gasteiger partial charge in [0.05, 0.1) is 0 Å². The average Bonchev–Trinajstić information content (AvgIpc) is 2.79. The molecule has 0 N–H and O–H groups in total. The van der Waals surface area contributed by atoms with Crippen LogP contribution in [0.3, 0.4) is 0 Å². The summed E-state index contributed by atoms with van der Waals surface area (Å²) < 4.78 is 119. The van der Waals surface area contributed by atoms with Gasteiger partial charge in [0.15, 0.2) is 0 Å². The largest absolute Gasteiger partial charge is 0.389 e. The van der Waals surface area contributed by atoms with Crippen LogP contribution >= 0.6 is 0 Å². The molecule has 0 amide bonds. The van der Waals surface area contributed by atoms with Crippen LogP contribution in [0.4, 0.5) is 39.5 Å². The quantitative estimate of drug-likeness (QED) is 0.682. The van der Waals surface area contributed by atoms with Gasteiger partial charge in [-0.2, -0.15) is 39.5 Å². The fourth-order valence-corrected chi connectivity index (χ4v) is 1.77. The highest BCUT2D eigenvalue weighted by molar-refractivity contribution is 5.01. The summed E-state index contributed by atoms with van der Waals surface area (Å²) in [5, 5.41) is 0. The van der Waals surface area contributed by atoms with Crippen molar-refractivity contribution in [3.8, 4) is 0 Å². The molecule has 1 unspecified atom stereocenters. The summed E-state index contributed by atoms with van der Waals surface area (Å²) >= 11 is 0. The van der Waals surface area contributed by atoms with Crippen LogP contribution in [-0.2, 0) is 4.74 Å². The van der Waals surface area contributed by atoms with Crippen molar-refractivity contribution in [2.45, 2.75) is 55.7 Å². The van der Waals surface area contributed by atoms with Gasteiger partial charge in [0.1, 0.15) is 6.10 Å². The zero-order valence-electron chi connectivity index (χ0n) is 9.92. The molecule has 120 valence electrons. The number of ether oxygens (including phenoxy) is 1. The SMILES string of the molecule is FC(F)(F)CCC(F)(F)C(F)(F)C(F)(F)C1CCCO1. The summed E-state index contributed by atoms with van der Waals surface area (Å²) in [6.45, 7) is -0.287. The summed E-state index contributed by atoms with van der Waals surface area (Å²) in [5.41, 5.74) is 0. The van der Waals surface area contributed by atoms with Gasteiger partial charge in [-0.1, -0.05) is 0 Å². The Morgan fingerprint density at radius 2 is 1.40 bits per heavy atom. The van der Waals surface area contributed by atoms with Crippen LogP contribution in [0.15, 0.2) is 0 Å². The molecule has 0 aromatic carbocycles. The van der Waals surface area contributed by atoms with Crippen molar-refractivity contribution in [2.75, 3.05) is 6.61 Å². The lowest BCUT2D eigenvalue weighted by Gasteiger charge is -2.35. The van der Waals surface area contributed by atoms with E-state index in [1.165, 1.54) is 0 Å². The molecule has 1 heterocycles. The van der Waals surface area contributed by atoms with Crippen molar-refractivity contribution in [1.29, 1.82) is 0 Å². The lowest BCUT2D eigenvalue weighted by molar-refractivity contribution is -0.336. The third kappa shape index (κ3) is 3.32. The highest BCUT2D eigenvalue weighted by Gasteiger charge is 2.74. The standard InChI is InChI=1S/C10H11F9O/c11-7(12,3-4-8(13,14)15)10(18,19)9(16,17)6-2-1-5-20-6/h6H,1-5H2. The molecule has 0 spiro atoms. The van der Waals surface area contributed by atoms with Gasteiger partial charge < -0.3 is 4.74 Å². The maximum atomic E-state index is 13.4. The molecule has 0 radical (unpaired) electrons. The van der Waals surface area contributed by atoms with Gasteiger partial charge in [-0.3, -0.25) is 0 Å². The zero-order valence-corrected chi connectivity index (χ0v) is 9.92. The molecule has 0 aromatic heterocycles. The predicted octanol–water partition coefficient (Wildman–Crippen LogP) is 4.41. The van der Waals surface area contributed by atoms with Gasteiger partial charge in [-0.25, -0.2) is 0 Å². The molecule has 1 saturated heterocycles. The first-order chi connectivity index (χ1) is 8.81. The molecule has 0 saturated carbocycles. The molecule has 1 aliphatic heterocycles. The van der Waals surface area contributed by atoms with Crippen molar-refractivity contribution < 1.29 is 44.3 Å². The first kappa shape index (κ1) is 17.4. The van der Waals surface area contributed by atoms with Crippen molar-refractivity contribution in [2.24, 2.45) is 0 Å². The molecule has 1 rings (SSSR count). The Morgan fingerprint density at radius 1 is 0.850 bits per heavy atom. The number of rotatable bonds is 5. The highest BCUT2D eigenvalue weighted by Crippen LogP contribution is 2.51. The monoisotopic (exact) mass is 318 g/mol. The molecule has 1 atom stereocenters. The molecule has 1 aliphatic rings. The van der Waals surface area contributed by atoms with E-state index in [0.29, 0.717) is 0 Å². The Bertz CT molecular complexity index is 330. The van der Waals surface area contributed by atoms with Gasteiger partial charge in [0.2, 0.25) is 0 Å². The molecule has 20 heavy (non-hydrogen) atoms. The maximum Gasteiger partial charge on any atom is 0.389 e. The van der Waals surface area contributed by atoms with Crippen LogP contribution < -0.4 is 0 Å². The van der Waals surface area contributed by atoms with E-state index >= 15 is 0 Å². The summed E-state index contributed by atoms with van der Waals surface area (Å²) in [7, 11) is 0. The van der Waals surface area contributed by atoms with E-state index in [9.17, 15) is 39.5 Å². The number of hydrogen-bond acceptors (Lipinski definition) is 1. The topological polar surface area (TPSA) is 9.23 Å². The van der Waals surface area contributed by atoms with Crippen molar-refractivity contribution >= 4 is 0 Å². The lowest BCUT2D eigenvalue weighted by Crippen LogP contribution is -2.59. The van der Waals surface area contributed by atoms with Crippen molar-refractivity contribution in [3.63, 3.8) is 0 Å². The second kappa shape index (κ2) is 5.27. The van der Waals surface area contributed by atoms with Gasteiger partial charge in [-0.05, 0) is 12.8 Å². The fourth-order valence-electron chi connectivity index (χ4n) is 1.77. The van der Waals surface area contributed by atoms with Crippen LogP contribution in [0, 0.1) is 0 Å². The summed E-state index contributed by atoms with van der Waals surface area (Å²) in [6, 6.07) is 0. The molecule has 10 heteroatoms. The van der Waals surface area contributed by atoms with E-state index in [-0.39, 0.29) is 13.0 Å². The maximum absolute atomic E-state index is 13.4. The minimum absolute atomic E-state index is 0.00947. The second-order valence-corrected chi connectivity index (χ2v) is 4.52. The number of alkyl halides is 9. The summed E-state index contributed by atoms with van der Waals surface area (Å²) in [6.07, 6.45) is -12.8. The molecular weight excluding hydrogens is 307 g/mol. The van der Waals surface area contributed by atoms with Gasteiger partial charge in [0.25, 0.3) is 0 Å². The normalized spacial score (nSPS) is 22.4. The smallest absolute Gasteiger partial charge is 0.372 e. The number of halogens is 9. The van der Waals surface area contributed by atoms with E-state index in [1.54, 1.807) is 0 Å². The molecule has 1 nitrogen and oxygen atoms in total. The lowest BCUT2D eigenvalue weighted by atomic mass is 9.95. The predicted molar refractivity (Wildman–Crippen MR) is 49.1 cm³/mol. The number of hydrogen-bond donors (Lipinski definition) is 0. The van der Waals surface area contributed by atoms with Crippen LogP contribution in [0.1, 0.15) is 25.7 Å². The van der Waals surface area contributed by atoms with Crippen LogP contribution in [0.2, 0.25) is 0 Å². The van der Waals surface area contributed by atoms with E-state index in [4.69, 9.17) is 0 Å². The van der Waals surface area contributed by atoms with E-state index in [1.807, 2.05) is 0 Å². The van der Waals surface area contributed by atoms with Crippen molar-refractivity contribution in [1.82, 2.24) is 0 Å². The second-order valence-electron chi connectivity index (χ2n) is 4.52. The molecule has 1 fully saturated rings. The molecule has 0 bridgehead atoms. The van der Waals surface area contributed by atoms with Gasteiger partial charge in [-0.15, -0.1) is 0 Å². The first-order valence-corrected chi connectivity index (χ1v) is 5.63. The van der Waals surface area contributed by atoms with Gasteiger partial charge >= 0.3 is 23.9 Å². The van der Waals surface area contributed by atoms with Crippen LogP contribution in [0.25, 0.3) is 0 Å². The minimum atomic E-state index is -5.92. The highest BCUT2D eigenvalue weighted by atomic mass is 19.4. The third-order valence-electron chi connectivity index (χ3n) is 2.93. The minimum Gasteiger partial charge on any atom is -0.372 e. The fraction of sp³-hybridized carbons (Fsp3) is 1.00. The summed E-state index contributed by atoms with van der Waals surface area (Å²) in [4.78, 5) is 0. The van der Waals surface area contributed by atoms with E-state index in [2.05, 4.69) is 4.74 Å². The van der Waals surface area contributed by atoms with E-state index in [0.717, 1.165) is 0 Å². The van der Waals surface area contributed by atoms with Crippen LogP contribution in [0.5, 0.6) is 0 Å². The summed E-state index contributed by atoms with van der Waals surface area (Å²) in [5.74, 6) is -16.6. The Morgan fingerprint density at radius 3 is 1.80 bits per heavy atom. The Hall–Kier alpha value is -0.670. The van der Waals surface area contributed by atoms with Gasteiger partial charge in [0, 0.05) is 19.4 Å². The van der Waals surface area contributed by atoms with Crippen molar-refractivity contribution in [3.05, 3.63) is 0 Å². The Kier molecular flexibility index (Phi) is 4.58. The Labute approximate surface area is 108 Å². The molecular formula is C10H11F9O. The van der Waals surface area contributed by atoms with Crippen LogP contribution in [-0.4, -0.2) is 36.7 Å². The first-order valence-electron chi connectivity index (χ1n) is 5.63. The van der Waals surface area contributed by atoms with E-state index < -0.39 is 49.3 Å². The average molecular weight is 318 g/mol. The molecule has 0 aliphatic carbocycles. The Balaban J connectivity index is 2.88.